The Hall–Kier alpha value is -2.34. The second kappa shape index (κ2) is 9.65. The highest BCUT2D eigenvalue weighted by atomic mass is 35.5. The van der Waals surface area contributed by atoms with Crippen molar-refractivity contribution in [2.45, 2.75) is 32.1 Å². The zero-order chi connectivity index (χ0) is 20.9. The van der Waals surface area contributed by atoms with Crippen LogP contribution in [0.25, 0.3) is 0 Å². The number of hydrogen-bond donors (Lipinski definition) is 0. The first-order chi connectivity index (χ1) is 14.6. The molecule has 2 heterocycles. The summed E-state index contributed by atoms with van der Waals surface area (Å²) in [5.74, 6) is 3.84. The fourth-order valence-electron chi connectivity index (χ4n) is 4.45. The van der Waals surface area contributed by atoms with Crippen LogP contribution in [0, 0.1) is 17.8 Å². The summed E-state index contributed by atoms with van der Waals surface area (Å²) in [7, 11) is 1.41. The lowest BCUT2D eigenvalue weighted by molar-refractivity contribution is -0.139. The standard InChI is InChI=1S/C23H28ClN3O3/c1-29-22(28)12-16-2-4-20(5-3-16)30-11-8-18-13-21(18)17-6-9-27(10-7-17)23-25-14-19(24)15-26-23/h2-5,14-15,17-18,21H,6-13H2,1H3/t18-,21-/m1/s1. The van der Waals surface area contributed by atoms with Gasteiger partial charge >= 0.3 is 5.97 Å². The molecule has 0 radical (unpaired) electrons. The van der Waals surface area contributed by atoms with Gasteiger partial charge in [-0.15, -0.1) is 0 Å². The SMILES string of the molecule is COC(=O)Cc1ccc(OCC[C@@H]2C[C@@H]2C2CCN(c3ncc(Cl)cn3)CC2)cc1. The van der Waals surface area contributed by atoms with E-state index in [1.165, 1.54) is 26.4 Å². The average molecular weight is 430 g/mol. The van der Waals surface area contributed by atoms with Gasteiger partial charge in [-0.25, -0.2) is 9.97 Å². The number of piperidine rings is 1. The highest BCUT2D eigenvalue weighted by Crippen LogP contribution is 2.49. The molecule has 2 fully saturated rings. The van der Waals surface area contributed by atoms with Crippen LogP contribution in [-0.4, -0.2) is 42.7 Å². The molecular formula is C23H28ClN3O3. The molecule has 1 aliphatic carbocycles. The number of anilines is 1. The number of rotatable bonds is 8. The van der Waals surface area contributed by atoms with E-state index in [1.807, 2.05) is 24.3 Å². The van der Waals surface area contributed by atoms with E-state index >= 15 is 0 Å². The van der Waals surface area contributed by atoms with Crippen molar-refractivity contribution in [3.8, 4) is 5.75 Å². The molecule has 0 spiro atoms. The Bertz CT molecular complexity index is 836. The number of esters is 1. The first kappa shape index (κ1) is 20.9. The summed E-state index contributed by atoms with van der Waals surface area (Å²) >= 11 is 5.88. The van der Waals surface area contributed by atoms with Crippen LogP contribution in [0.4, 0.5) is 5.95 Å². The van der Waals surface area contributed by atoms with E-state index < -0.39 is 0 Å². The Balaban J connectivity index is 1.15. The molecule has 2 atom stereocenters. The van der Waals surface area contributed by atoms with Gasteiger partial charge in [0.1, 0.15) is 5.75 Å². The van der Waals surface area contributed by atoms with Gasteiger partial charge in [-0.2, -0.15) is 0 Å². The molecule has 1 saturated heterocycles. The highest BCUT2D eigenvalue weighted by Gasteiger charge is 2.43. The second-order valence-electron chi connectivity index (χ2n) is 8.22. The lowest BCUT2D eigenvalue weighted by atomic mass is 9.90. The topological polar surface area (TPSA) is 64.6 Å². The van der Waals surface area contributed by atoms with E-state index in [0.29, 0.717) is 11.4 Å². The van der Waals surface area contributed by atoms with Gasteiger partial charge in [0.25, 0.3) is 0 Å². The molecule has 160 valence electrons. The van der Waals surface area contributed by atoms with Gasteiger partial charge in [0.15, 0.2) is 0 Å². The summed E-state index contributed by atoms with van der Waals surface area (Å²) in [4.78, 5) is 22.3. The van der Waals surface area contributed by atoms with Crippen LogP contribution >= 0.6 is 11.6 Å². The van der Waals surface area contributed by atoms with Crippen LogP contribution < -0.4 is 9.64 Å². The Morgan fingerprint density at radius 3 is 2.53 bits per heavy atom. The van der Waals surface area contributed by atoms with Crippen LogP contribution in [0.2, 0.25) is 5.02 Å². The van der Waals surface area contributed by atoms with Crippen molar-refractivity contribution < 1.29 is 14.3 Å². The normalized spacial score (nSPS) is 21.3. The molecule has 1 aliphatic heterocycles. The minimum atomic E-state index is -0.227. The molecule has 30 heavy (non-hydrogen) atoms. The fraction of sp³-hybridized carbons (Fsp3) is 0.522. The quantitative estimate of drug-likeness (QED) is 0.587. The summed E-state index contributed by atoms with van der Waals surface area (Å²) < 4.78 is 10.6. The Morgan fingerprint density at radius 2 is 1.87 bits per heavy atom. The molecular weight excluding hydrogens is 402 g/mol. The third-order valence-electron chi connectivity index (χ3n) is 6.27. The van der Waals surface area contributed by atoms with Gasteiger partial charge in [0.2, 0.25) is 5.95 Å². The van der Waals surface area contributed by atoms with Crippen molar-refractivity contribution in [2.24, 2.45) is 17.8 Å². The zero-order valence-corrected chi connectivity index (χ0v) is 18.1. The minimum absolute atomic E-state index is 0.227. The molecule has 0 unspecified atom stereocenters. The van der Waals surface area contributed by atoms with Crippen LogP contribution in [0.1, 0.15) is 31.2 Å². The summed E-state index contributed by atoms with van der Waals surface area (Å²) in [6.45, 7) is 2.78. The molecule has 7 heteroatoms. The van der Waals surface area contributed by atoms with Crippen molar-refractivity contribution >= 4 is 23.5 Å². The maximum Gasteiger partial charge on any atom is 0.309 e. The summed E-state index contributed by atoms with van der Waals surface area (Å²) in [6, 6.07) is 7.70. The fourth-order valence-corrected chi connectivity index (χ4v) is 4.54. The Morgan fingerprint density at radius 1 is 1.17 bits per heavy atom. The monoisotopic (exact) mass is 429 g/mol. The molecule has 1 aromatic carbocycles. The van der Waals surface area contributed by atoms with E-state index in [0.717, 1.165) is 61.1 Å². The number of hydrogen-bond acceptors (Lipinski definition) is 6. The lowest BCUT2D eigenvalue weighted by Crippen LogP contribution is -2.35. The molecule has 6 nitrogen and oxygen atoms in total. The zero-order valence-electron chi connectivity index (χ0n) is 17.3. The predicted octanol–water partition coefficient (Wildman–Crippen LogP) is 4.17. The number of carbonyl (C=O) groups is 1. The van der Waals surface area contributed by atoms with Crippen LogP contribution in [0.3, 0.4) is 0 Å². The molecule has 2 aromatic rings. The smallest absolute Gasteiger partial charge is 0.309 e. The Kier molecular flexibility index (Phi) is 6.72. The number of halogens is 1. The van der Waals surface area contributed by atoms with Gasteiger partial charge in [-0.05, 0) is 61.1 Å². The summed E-state index contributed by atoms with van der Waals surface area (Å²) in [6.07, 6.45) is 8.46. The van der Waals surface area contributed by atoms with Gasteiger partial charge < -0.3 is 14.4 Å². The van der Waals surface area contributed by atoms with Crippen LogP contribution in [0.15, 0.2) is 36.7 Å². The van der Waals surface area contributed by atoms with Gasteiger partial charge in [0, 0.05) is 13.1 Å². The third kappa shape index (κ3) is 5.42. The van der Waals surface area contributed by atoms with E-state index in [1.54, 1.807) is 12.4 Å². The van der Waals surface area contributed by atoms with Crippen molar-refractivity contribution in [1.29, 1.82) is 0 Å². The summed E-state index contributed by atoms with van der Waals surface area (Å²) in [5, 5.41) is 0.578. The molecule has 0 bridgehead atoms. The Labute approximate surface area is 182 Å². The predicted molar refractivity (Wildman–Crippen MR) is 116 cm³/mol. The van der Waals surface area contributed by atoms with E-state index in [-0.39, 0.29) is 5.97 Å². The number of methoxy groups -OCH3 is 1. The van der Waals surface area contributed by atoms with Crippen molar-refractivity contribution in [3.05, 3.63) is 47.2 Å². The number of aromatic nitrogens is 2. The number of ether oxygens (including phenoxy) is 2. The first-order valence-electron chi connectivity index (χ1n) is 10.6. The largest absolute Gasteiger partial charge is 0.494 e. The van der Waals surface area contributed by atoms with Crippen molar-refractivity contribution in [3.63, 3.8) is 0 Å². The maximum atomic E-state index is 11.3. The molecule has 2 aliphatic rings. The number of nitrogens with zero attached hydrogens (tertiary/aromatic N) is 3. The van der Waals surface area contributed by atoms with E-state index in [4.69, 9.17) is 21.1 Å². The maximum absolute atomic E-state index is 11.3. The summed E-state index contributed by atoms with van der Waals surface area (Å²) in [5.41, 5.74) is 0.937. The average Bonchev–Trinajstić information content (AvgIpc) is 3.55. The van der Waals surface area contributed by atoms with Gasteiger partial charge in [-0.3, -0.25) is 4.79 Å². The molecule has 1 aromatic heterocycles. The van der Waals surface area contributed by atoms with Crippen molar-refractivity contribution in [1.82, 2.24) is 9.97 Å². The van der Waals surface area contributed by atoms with E-state index in [2.05, 4.69) is 14.9 Å². The van der Waals surface area contributed by atoms with Gasteiger partial charge in [-0.1, -0.05) is 23.7 Å². The van der Waals surface area contributed by atoms with Gasteiger partial charge in [0.05, 0.1) is 37.6 Å². The third-order valence-corrected chi connectivity index (χ3v) is 6.46. The second-order valence-corrected chi connectivity index (χ2v) is 8.66. The van der Waals surface area contributed by atoms with Crippen LogP contribution in [0.5, 0.6) is 5.75 Å². The minimum Gasteiger partial charge on any atom is -0.494 e. The molecule has 4 rings (SSSR count). The van der Waals surface area contributed by atoms with Crippen LogP contribution in [-0.2, 0) is 16.0 Å². The van der Waals surface area contributed by atoms with Crippen molar-refractivity contribution in [2.75, 3.05) is 31.7 Å². The highest BCUT2D eigenvalue weighted by molar-refractivity contribution is 6.30. The number of carbonyl (C=O) groups excluding carboxylic acids is 1. The van der Waals surface area contributed by atoms with E-state index in [9.17, 15) is 4.79 Å². The molecule has 0 amide bonds. The lowest BCUT2D eigenvalue weighted by Gasteiger charge is -2.32. The molecule has 1 saturated carbocycles. The molecule has 0 N–H and O–H groups in total. The number of benzene rings is 1. The first-order valence-corrected chi connectivity index (χ1v) is 11.0.